The maximum atomic E-state index is 14.3. The monoisotopic (exact) mass is 445 g/mol. The average Bonchev–Trinajstić information content (AvgIpc) is 3.06. The summed E-state index contributed by atoms with van der Waals surface area (Å²) < 4.78 is 21.0. The molecule has 0 radical (unpaired) electrons. The van der Waals surface area contributed by atoms with Gasteiger partial charge in [-0.1, -0.05) is 18.6 Å². The van der Waals surface area contributed by atoms with Crippen molar-refractivity contribution in [3.8, 4) is 5.69 Å². The maximum Gasteiger partial charge on any atom is 0.407 e. The van der Waals surface area contributed by atoms with Crippen LogP contribution in [0.3, 0.4) is 0 Å². The molecule has 1 atom stereocenters. The van der Waals surface area contributed by atoms with Crippen LogP contribution < -0.4 is 10.6 Å². The maximum absolute atomic E-state index is 14.3. The molecule has 0 bridgehead atoms. The second-order valence-electron chi connectivity index (χ2n) is 9.09. The summed E-state index contributed by atoms with van der Waals surface area (Å²) >= 11 is 0. The van der Waals surface area contributed by atoms with E-state index in [-0.39, 0.29) is 24.2 Å². The fraction of sp³-hybridized carbons (Fsp3) is 0.522. The van der Waals surface area contributed by atoms with Crippen molar-refractivity contribution in [2.24, 2.45) is 0 Å². The van der Waals surface area contributed by atoms with E-state index < -0.39 is 17.5 Å². The van der Waals surface area contributed by atoms with Crippen molar-refractivity contribution in [2.45, 2.75) is 58.6 Å². The lowest BCUT2D eigenvalue weighted by atomic mass is 10.0. The third kappa shape index (κ3) is 6.53. The Bertz CT molecular complexity index is 953. The van der Waals surface area contributed by atoms with Crippen LogP contribution in [0.1, 0.15) is 45.7 Å². The number of benzene rings is 1. The SMILES string of the molecule is Cc1cc(NC(=O)CN2CCCCC2CNC(=O)OC(C)(C)C)n(-c2ccccc2F)n1. The molecular weight excluding hydrogens is 413 g/mol. The molecule has 1 aromatic carbocycles. The highest BCUT2D eigenvalue weighted by Gasteiger charge is 2.26. The van der Waals surface area contributed by atoms with Gasteiger partial charge in [-0.05, 0) is 59.2 Å². The molecule has 2 aromatic rings. The Balaban J connectivity index is 1.62. The van der Waals surface area contributed by atoms with E-state index in [9.17, 15) is 14.0 Å². The summed E-state index contributed by atoms with van der Waals surface area (Å²) in [6.07, 6.45) is 2.45. The second kappa shape index (κ2) is 10.1. The third-order valence-corrected chi connectivity index (χ3v) is 5.16. The predicted octanol–water partition coefficient (Wildman–Crippen LogP) is 3.64. The number of para-hydroxylation sites is 1. The van der Waals surface area contributed by atoms with E-state index in [1.165, 1.54) is 10.7 Å². The Morgan fingerprint density at radius 1 is 1.25 bits per heavy atom. The number of halogens is 1. The number of piperidine rings is 1. The summed E-state index contributed by atoms with van der Waals surface area (Å²) in [5.41, 5.74) is 0.379. The molecule has 174 valence electrons. The Hall–Kier alpha value is -2.94. The molecule has 1 aliphatic heterocycles. The van der Waals surface area contributed by atoms with E-state index in [0.29, 0.717) is 18.1 Å². The van der Waals surface area contributed by atoms with Gasteiger partial charge in [0.1, 0.15) is 22.9 Å². The van der Waals surface area contributed by atoms with Crippen LogP contribution >= 0.6 is 0 Å². The number of aryl methyl sites for hydroxylation is 1. The molecule has 1 saturated heterocycles. The van der Waals surface area contributed by atoms with Gasteiger partial charge in [0.15, 0.2) is 0 Å². The molecule has 3 rings (SSSR count). The summed E-state index contributed by atoms with van der Waals surface area (Å²) in [6, 6.07) is 8.04. The van der Waals surface area contributed by atoms with Crippen molar-refractivity contribution in [3.63, 3.8) is 0 Å². The zero-order chi connectivity index (χ0) is 23.3. The number of anilines is 1. The summed E-state index contributed by atoms with van der Waals surface area (Å²) in [7, 11) is 0. The average molecular weight is 446 g/mol. The van der Waals surface area contributed by atoms with Gasteiger partial charge >= 0.3 is 6.09 Å². The summed E-state index contributed by atoms with van der Waals surface area (Å²) in [5, 5.41) is 10.00. The van der Waals surface area contributed by atoms with Gasteiger partial charge in [0.05, 0.1) is 12.2 Å². The van der Waals surface area contributed by atoms with Gasteiger partial charge in [-0.3, -0.25) is 9.69 Å². The lowest BCUT2D eigenvalue weighted by Gasteiger charge is -2.35. The molecule has 1 aromatic heterocycles. The van der Waals surface area contributed by atoms with E-state index in [1.54, 1.807) is 31.2 Å². The van der Waals surface area contributed by atoms with Crippen LogP contribution in [0.15, 0.2) is 30.3 Å². The van der Waals surface area contributed by atoms with E-state index >= 15 is 0 Å². The highest BCUT2D eigenvalue weighted by atomic mass is 19.1. The quantitative estimate of drug-likeness (QED) is 0.709. The Labute approximate surface area is 188 Å². The first kappa shape index (κ1) is 23.7. The molecule has 2 amide bonds. The van der Waals surface area contributed by atoms with Crippen molar-refractivity contribution in [1.82, 2.24) is 20.0 Å². The number of likely N-dealkylation sites (tertiary alicyclic amines) is 1. The van der Waals surface area contributed by atoms with E-state index in [2.05, 4.69) is 20.6 Å². The van der Waals surface area contributed by atoms with E-state index in [1.807, 2.05) is 20.8 Å². The minimum atomic E-state index is -0.560. The van der Waals surface area contributed by atoms with Crippen LogP contribution in [0.2, 0.25) is 0 Å². The topological polar surface area (TPSA) is 88.5 Å². The number of ether oxygens (including phenoxy) is 1. The zero-order valence-electron chi connectivity index (χ0n) is 19.2. The Morgan fingerprint density at radius 3 is 2.72 bits per heavy atom. The van der Waals surface area contributed by atoms with Crippen molar-refractivity contribution >= 4 is 17.8 Å². The fourth-order valence-corrected chi connectivity index (χ4v) is 3.78. The lowest BCUT2D eigenvalue weighted by Crippen LogP contribution is -2.49. The number of carbonyl (C=O) groups excluding carboxylic acids is 2. The first-order valence-electron chi connectivity index (χ1n) is 10.9. The molecule has 0 spiro atoms. The largest absolute Gasteiger partial charge is 0.444 e. The minimum Gasteiger partial charge on any atom is -0.444 e. The number of amides is 2. The number of nitrogens with zero attached hydrogens (tertiary/aromatic N) is 3. The van der Waals surface area contributed by atoms with Crippen LogP contribution in [0.4, 0.5) is 15.0 Å². The molecule has 32 heavy (non-hydrogen) atoms. The van der Waals surface area contributed by atoms with Gasteiger partial charge < -0.3 is 15.4 Å². The van der Waals surface area contributed by atoms with Crippen molar-refractivity contribution in [2.75, 3.05) is 25.0 Å². The van der Waals surface area contributed by atoms with Crippen LogP contribution in [0.5, 0.6) is 0 Å². The lowest BCUT2D eigenvalue weighted by molar-refractivity contribution is -0.118. The summed E-state index contributed by atoms with van der Waals surface area (Å²) in [4.78, 5) is 26.9. The second-order valence-corrected chi connectivity index (χ2v) is 9.09. The molecule has 1 aliphatic rings. The number of alkyl carbamates (subject to hydrolysis) is 1. The number of nitrogens with one attached hydrogen (secondary N) is 2. The molecule has 0 aliphatic carbocycles. The molecule has 9 heteroatoms. The van der Waals surface area contributed by atoms with Crippen molar-refractivity contribution in [3.05, 3.63) is 41.8 Å². The van der Waals surface area contributed by atoms with Gasteiger partial charge in [0, 0.05) is 18.7 Å². The van der Waals surface area contributed by atoms with Crippen molar-refractivity contribution < 1.29 is 18.7 Å². The minimum absolute atomic E-state index is 0.0419. The van der Waals surface area contributed by atoms with Gasteiger partial charge in [0.25, 0.3) is 0 Å². The van der Waals surface area contributed by atoms with Crippen LogP contribution in [0.25, 0.3) is 5.69 Å². The fourth-order valence-electron chi connectivity index (χ4n) is 3.78. The first-order chi connectivity index (χ1) is 15.1. The Kier molecular flexibility index (Phi) is 7.50. The number of carbonyl (C=O) groups is 2. The predicted molar refractivity (Wildman–Crippen MR) is 120 cm³/mol. The van der Waals surface area contributed by atoms with Gasteiger partial charge in [0.2, 0.25) is 5.91 Å². The molecule has 2 heterocycles. The summed E-state index contributed by atoms with van der Waals surface area (Å²) in [6.45, 7) is 8.58. The molecule has 1 unspecified atom stereocenters. The zero-order valence-corrected chi connectivity index (χ0v) is 19.2. The number of hydrogen-bond donors (Lipinski definition) is 2. The number of hydrogen-bond acceptors (Lipinski definition) is 5. The van der Waals surface area contributed by atoms with Gasteiger partial charge in [-0.2, -0.15) is 5.10 Å². The molecule has 2 N–H and O–H groups in total. The molecule has 8 nitrogen and oxygen atoms in total. The van der Waals surface area contributed by atoms with E-state index in [0.717, 1.165) is 25.8 Å². The highest BCUT2D eigenvalue weighted by molar-refractivity contribution is 5.91. The molecule has 0 saturated carbocycles. The standard InChI is InChI=1S/C23H32FN5O3/c1-16-13-20(29(27-16)19-11-6-5-10-18(19)24)26-21(30)15-28-12-8-7-9-17(28)14-25-22(31)32-23(2,3)4/h5-6,10-11,13,17H,7-9,12,14-15H2,1-4H3,(H,25,31)(H,26,30). The third-order valence-electron chi connectivity index (χ3n) is 5.16. The van der Waals surface area contributed by atoms with Crippen LogP contribution in [0, 0.1) is 12.7 Å². The van der Waals surface area contributed by atoms with Crippen LogP contribution in [-0.2, 0) is 9.53 Å². The first-order valence-corrected chi connectivity index (χ1v) is 10.9. The van der Waals surface area contributed by atoms with E-state index in [4.69, 9.17) is 4.74 Å². The molecular formula is C23H32FN5O3. The number of aromatic nitrogens is 2. The summed E-state index contributed by atoms with van der Waals surface area (Å²) in [5.74, 6) is -0.222. The van der Waals surface area contributed by atoms with Gasteiger partial charge in [-0.15, -0.1) is 0 Å². The van der Waals surface area contributed by atoms with Crippen molar-refractivity contribution in [1.29, 1.82) is 0 Å². The normalized spacial score (nSPS) is 17.1. The highest BCUT2D eigenvalue weighted by Crippen LogP contribution is 2.21. The Morgan fingerprint density at radius 2 is 2.00 bits per heavy atom. The van der Waals surface area contributed by atoms with Gasteiger partial charge in [-0.25, -0.2) is 13.9 Å². The molecule has 1 fully saturated rings. The smallest absolute Gasteiger partial charge is 0.407 e. The number of rotatable bonds is 6. The van der Waals surface area contributed by atoms with Crippen LogP contribution in [-0.4, -0.2) is 58.0 Å².